The number of nitrogens with zero attached hydrogens (tertiary/aromatic N) is 2. The minimum atomic E-state index is -0.269. The third-order valence-corrected chi connectivity index (χ3v) is 7.83. The summed E-state index contributed by atoms with van der Waals surface area (Å²) in [4.78, 5) is 17.5. The lowest BCUT2D eigenvalue weighted by atomic mass is 9.95. The minimum absolute atomic E-state index is 0.00561. The fourth-order valence-electron chi connectivity index (χ4n) is 5.38. The zero-order valence-electron chi connectivity index (χ0n) is 20.6. The Balaban J connectivity index is 1.09. The van der Waals surface area contributed by atoms with Crippen molar-refractivity contribution >= 4 is 17.5 Å². The Kier molecular flexibility index (Phi) is 8.00. The topological polar surface area (TPSA) is 35.6 Å². The van der Waals surface area contributed by atoms with Gasteiger partial charge in [-0.1, -0.05) is 66.2 Å². The number of halogens is 2. The van der Waals surface area contributed by atoms with Gasteiger partial charge in [0.05, 0.1) is 0 Å². The number of benzene rings is 3. The lowest BCUT2D eigenvalue weighted by Crippen LogP contribution is -2.40. The lowest BCUT2D eigenvalue weighted by Gasteiger charge is -2.31. The maximum absolute atomic E-state index is 14.1. The van der Waals surface area contributed by atoms with Gasteiger partial charge >= 0.3 is 0 Å². The van der Waals surface area contributed by atoms with Crippen molar-refractivity contribution in [2.45, 2.75) is 45.4 Å². The van der Waals surface area contributed by atoms with Crippen LogP contribution in [0, 0.1) is 11.7 Å². The van der Waals surface area contributed by atoms with Gasteiger partial charge in [0, 0.05) is 49.2 Å². The lowest BCUT2D eigenvalue weighted by molar-refractivity contribution is -0.126. The number of carbonyl (C=O) groups is 1. The number of likely N-dealkylation sites (tertiary alicyclic amines) is 1. The van der Waals surface area contributed by atoms with Gasteiger partial charge in [-0.15, -0.1) is 0 Å². The highest BCUT2D eigenvalue weighted by molar-refractivity contribution is 6.31. The summed E-state index contributed by atoms with van der Waals surface area (Å²) >= 11 is 6.18. The minimum Gasteiger partial charge on any atom is -0.352 e. The van der Waals surface area contributed by atoms with Crippen LogP contribution in [0.15, 0.2) is 66.7 Å². The van der Waals surface area contributed by atoms with Crippen molar-refractivity contribution in [1.29, 1.82) is 0 Å². The molecule has 1 N–H and O–H groups in total. The standard InChI is InChI=1S/C30H33ClFN3O/c31-28-9-4-10-29(32)27(28)21-34-14-12-25(13-15-34)30(36)33-18-22-5-3-6-23(17-22)19-35-16-11-24-7-1-2-8-26(24)20-35/h1-10,17,25H,11-16,18-21H2,(H,33,36). The van der Waals surface area contributed by atoms with Crippen LogP contribution in [0.3, 0.4) is 0 Å². The molecule has 0 aromatic heterocycles. The predicted molar refractivity (Wildman–Crippen MR) is 142 cm³/mol. The number of hydrogen-bond donors (Lipinski definition) is 1. The van der Waals surface area contributed by atoms with Crippen molar-refractivity contribution in [1.82, 2.24) is 15.1 Å². The van der Waals surface area contributed by atoms with Crippen molar-refractivity contribution in [2.75, 3.05) is 19.6 Å². The summed E-state index contributed by atoms with van der Waals surface area (Å²) in [5, 5.41) is 3.60. The van der Waals surface area contributed by atoms with Gasteiger partial charge in [-0.2, -0.15) is 0 Å². The van der Waals surface area contributed by atoms with E-state index in [1.165, 1.54) is 22.8 Å². The quantitative estimate of drug-likeness (QED) is 0.456. The average molecular weight is 506 g/mol. The fourth-order valence-corrected chi connectivity index (χ4v) is 5.60. The zero-order valence-corrected chi connectivity index (χ0v) is 21.3. The van der Waals surface area contributed by atoms with Gasteiger partial charge in [0.15, 0.2) is 0 Å². The Morgan fingerprint density at radius 3 is 2.44 bits per heavy atom. The third-order valence-electron chi connectivity index (χ3n) is 7.48. The largest absolute Gasteiger partial charge is 0.352 e. The van der Waals surface area contributed by atoms with Gasteiger partial charge in [-0.3, -0.25) is 14.6 Å². The van der Waals surface area contributed by atoms with Crippen molar-refractivity contribution in [3.63, 3.8) is 0 Å². The maximum atomic E-state index is 14.1. The Bertz CT molecular complexity index is 1190. The van der Waals surface area contributed by atoms with Gasteiger partial charge in [0.1, 0.15) is 5.82 Å². The second-order valence-corrected chi connectivity index (χ2v) is 10.4. The summed E-state index contributed by atoms with van der Waals surface area (Å²) in [6.07, 6.45) is 2.64. The van der Waals surface area contributed by atoms with Gasteiger partial charge in [0.25, 0.3) is 0 Å². The summed E-state index contributed by atoms with van der Waals surface area (Å²) in [5.41, 5.74) is 5.84. The first-order valence-electron chi connectivity index (χ1n) is 12.8. The molecule has 0 saturated carbocycles. The average Bonchev–Trinajstić information content (AvgIpc) is 2.90. The first-order valence-corrected chi connectivity index (χ1v) is 13.2. The first kappa shape index (κ1) is 24.9. The molecule has 2 aliphatic heterocycles. The number of piperidine rings is 1. The molecule has 3 aromatic carbocycles. The molecule has 5 rings (SSSR count). The van der Waals surface area contributed by atoms with Gasteiger partial charge < -0.3 is 5.32 Å². The van der Waals surface area contributed by atoms with Crippen LogP contribution in [0.25, 0.3) is 0 Å². The molecule has 1 fully saturated rings. The molecule has 0 spiro atoms. The van der Waals surface area contributed by atoms with E-state index < -0.39 is 0 Å². The maximum Gasteiger partial charge on any atom is 0.223 e. The Morgan fingerprint density at radius 1 is 0.889 bits per heavy atom. The van der Waals surface area contributed by atoms with E-state index in [1.807, 2.05) is 0 Å². The molecule has 0 bridgehead atoms. The van der Waals surface area contributed by atoms with Gasteiger partial charge in [-0.25, -0.2) is 4.39 Å². The van der Waals surface area contributed by atoms with Crippen LogP contribution in [0.4, 0.5) is 4.39 Å². The zero-order chi connectivity index (χ0) is 24.9. The molecule has 0 atom stereocenters. The van der Waals surface area contributed by atoms with Crippen LogP contribution in [0.1, 0.15) is 40.7 Å². The van der Waals surface area contributed by atoms with Crippen LogP contribution < -0.4 is 5.32 Å². The molecule has 36 heavy (non-hydrogen) atoms. The summed E-state index contributed by atoms with van der Waals surface area (Å²) < 4.78 is 14.1. The van der Waals surface area contributed by atoms with E-state index in [4.69, 9.17) is 11.6 Å². The SMILES string of the molecule is O=C(NCc1cccc(CN2CCc3ccccc3C2)c1)C1CCN(Cc2c(F)cccc2Cl)CC1. The molecule has 3 aromatic rings. The predicted octanol–water partition coefficient (Wildman–Crippen LogP) is 5.57. The molecule has 4 nitrogen and oxygen atoms in total. The second kappa shape index (κ2) is 11.5. The molecule has 2 heterocycles. The van der Waals surface area contributed by atoms with E-state index in [1.54, 1.807) is 12.1 Å². The number of nitrogens with one attached hydrogen (secondary N) is 1. The number of amides is 1. The molecule has 188 valence electrons. The number of hydrogen-bond acceptors (Lipinski definition) is 3. The van der Waals surface area contributed by atoms with Crippen molar-refractivity contribution < 1.29 is 9.18 Å². The van der Waals surface area contributed by atoms with Crippen molar-refractivity contribution in [2.24, 2.45) is 5.92 Å². The summed E-state index contributed by atoms with van der Waals surface area (Å²) in [5.74, 6) is -0.166. The monoisotopic (exact) mass is 505 g/mol. The highest BCUT2D eigenvalue weighted by atomic mass is 35.5. The number of carbonyl (C=O) groups excluding carboxylic acids is 1. The molecule has 0 unspecified atom stereocenters. The van der Waals surface area contributed by atoms with E-state index in [0.717, 1.165) is 57.5 Å². The Morgan fingerprint density at radius 2 is 1.64 bits per heavy atom. The van der Waals surface area contributed by atoms with Crippen molar-refractivity contribution in [3.8, 4) is 0 Å². The second-order valence-electron chi connectivity index (χ2n) is 10.0. The summed E-state index contributed by atoms with van der Waals surface area (Å²) in [6.45, 7) is 5.52. The van der Waals surface area contributed by atoms with E-state index >= 15 is 0 Å². The van der Waals surface area contributed by atoms with Crippen LogP contribution in [0.2, 0.25) is 5.02 Å². The van der Waals surface area contributed by atoms with Crippen LogP contribution in [0.5, 0.6) is 0 Å². The highest BCUT2D eigenvalue weighted by Gasteiger charge is 2.25. The smallest absolute Gasteiger partial charge is 0.223 e. The Labute approximate surface area is 218 Å². The summed E-state index contributed by atoms with van der Waals surface area (Å²) in [6, 6.07) is 22.0. The third kappa shape index (κ3) is 6.15. The van der Waals surface area contributed by atoms with Crippen molar-refractivity contribution in [3.05, 3.63) is 105 Å². The first-order chi connectivity index (χ1) is 17.5. The molecule has 0 aliphatic carbocycles. The van der Waals surface area contributed by atoms with Crippen LogP contribution in [-0.2, 0) is 37.4 Å². The molecule has 2 aliphatic rings. The van der Waals surface area contributed by atoms with Gasteiger partial charge in [0.2, 0.25) is 5.91 Å². The van der Waals surface area contributed by atoms with Crippen LogP contribution in [-0.4, -0.2) is 35.3 Å². The molecule has 6 heteroatoms. The molecular weight excluding hydrogens is 473 g/mol. The number of fused-ring (bicyclic) bond motifs is 1. The fraction of sp³-hybridized carbons (Fsp3) is 0.367. The summed E-state index contributed by atoms with van der Waals surface area (Å²) in [7, 11) is 0. The highest BCUT2D eigenvalue weighted by Crippen LogP contribution is 2.25. The number of rotatable bonds is 7. The molecule has 1 saturated heterocycles. The Hall–Kier alpha value is -2.73. The molecule has 0 radical (unpaired) electrons. The van der Waals surface area contributed by atoms with E-state index in [-0.39, 0.29) is 17.6 Å². The van der Waals surface area contributed by atoms with Gasteiger partial charge in [-0.05, 0) is 66.7 Å². The molecule has 1 amide bonds. The molecular formula is C30H33ClFN3O. The van der Waals surface area contributed by atoms with E-state index in [0.29, 0.717) is 23.7 Å². The van der Waals surface area contributed by atoms with E-state index in [2.05, 4.69) is 63.6 Å². The van der Waals surface area contributed by atoms with Crippen LogP contribution >= 0.6 is 11.6 Å². The normalized spacial score (nSPS) is 17.1. The van der Waals surface area contributed by atoms with E-state index in [9.17, 15) is 9.18 Å².